The molecule has 0 spiro atoms. The van der Waals surface area contributed by atoms with Gasteiger partial charge in [-0.2, -0.15) is 5.26 Å². The SMILES string of the molecule is COC(=O)[C@@H]1CCCN1C(=O)[C@H](C)N[C@@H](C#N)[C@H](Cc1ccccc1)NC(=O)OC(C)(C)C. The van der Waals surface area contributed by atoms with Gasteiger partial charge in [0.1, 0.15) is 17.7 Å². The molecule has 9 heteroatoms. The Morgan fingerprint density at radius 3 is 2.48 bits per heavy atom. The van der Waals surface area contributed by atoms with E-state index >= 15 is 0 Å². The summed E-state index contributed by atoms with van der Waals surface area (Å²) in [5.41, 5.74) is 0.226. The summed E-state index contributed by atoms with van der Waals surface area (Å²) in [4.78, 5) is 39.0. The van der Waals surface area contributed by atoms with Gasteiger partial charge in [-0.15, -0.1) is 0 Å². The average molecular weight is 459 g/mol. The Morgan fingerprint density at radius 2 is 1.91 bits per heavy atom. The number of methoxy groups -OCH3 is 1. The number of hydrogen-bond acceptors (Lipinski definition) is 7. The number of likely N-dealkylation sites (tertiary alicyclic amines) is 1. The molecule has 0 unspecified atom stereocenters. The number of nitrogens with zero attached hydrogens (tertiary/aromatic N) is 2. The van der Waals surface area contributed by atoms with Crippen LogP contribution in [0.5, 0.6) is 0 Å². The van der Waals surface area contributed by atoms with Crippen LogP contribution in [0, 0.1) is 11.3 Å². The van der Waals surface area contributed by atoms with E-state index in [1.54, 1.807) is 27.7 Å². The van der Waals surface area contributed by atoms with Crippen molar-refractivity contribution in [2.24, 2.45) is 0 Å². The number of carbonyl (C=O) groups is 3. The Kier molecular flexibility index (Phi) is 9.23. The van der Waals surface area contributed by atoms with E-state index in [0.29, 0.717) is 25.8 Å². The summed E-state index contributed by atoms with van der Waals surface area (Å²) in [5, 5.41) is 15.7. The molecule has 2 amide bonds. The van der Waals surface area contributed by atoms with Crippen LogP contribution in [0.2, 0.25) is 0 Å². The summed E-state index contributed by atoms with van der Waals surface area (Å²) in [5.74, 6) is -0.739. The van der Waals surface area contributed by atoms with Gasteiger partial charge in [-0.3, -0.25) is 10.1 Å². The van der Waals surface area contributed by atoms with Crippen molar-refractivity contribution in [1.82, 2.24) is 15.5 Å². The second kappa shape index (κ2) is 11.7. The molecule has 0 bridgehead atoms. The van der Waals surface area contributed by atoms with E-state index in [4.69, 9.17) is 9.47 Å². The van der Waals surface area contributed by atoms with Crippen LogP contribution in [0.1, 0.15) is 46.1 Å². The summed E-state index contributed by atoms with van der Waals surface area (Å²) < 4.78 is 10.2. The molecule has 33 heavy (non-hydrogen) atoms. The highest BCUT2D eigenvalue weighted by Gasteiger charge is 2.38. The maximum atomic E-state index is 13.1. The van der Waals surface area contributed by atoms with Gasteiger partial charge in [0.05, 0.1) is 25.3 Å². The monoisotopic (exact) mass is 458 g/mol. The maximum Gasteiger partial charge on any atom is 0.407 e. The molecule has 2 rings (SSSR count). The standard InChI is InChI=1S/C24H34N4O5/c1-16(21(29)28-13-9-12-20(28)22(30)32-5)26-19(15-25)18(14-17-10-7-6-8-11-17)27-23(31)33-24(2,3)4/h6-8,10-11,16,18-20,26H,9,12-14H2,1-5H3,(H,27,31)/t16-,18-,19-,20-/m0/s1. The van der Waals surface area contributed by atoms with Gasteiger partial charge in [0.2, 0.25) is 5.91 Å². The van der Waals surface area contributed by atoms with Gasteiger partial charge in [0, 0.05) is 6.54 Å². The first-order chi connectivity index (χ1) is 15.6. The summed E-state index contributed by atoms with van der Waals surface area (Å²) in [6.45, 7) is 7.37. The van der Waals surface area contributed by atoms with Gasteiger partial charge in [0.25, 0.3) is 0 Å². The van der Waals surface area contributed by atoms with Crippen molar-refractivity contribution in [2.45, 2.75) is 76.7 Å². The highest BCUT2D eigenvalue weighted by Crippen LogP contribution is 2.20. The molecule has 2 N–H and O–H groups in total. The summed E-state index contributed by atoms with van der Waals surface area (Å²) in [6.07, 6.45) is 0.968. The lowest BCUT2D eigenvalue weighted by Gasteiger charge is -2.30. The molecule has 1 aliphatic rings. The third kappa shape index (κ3) is 7.75. The number of rotatable bonds is 8. The van der Waals surface area contributed by atoms with Gasteiger partial charge in [0.15, 0.2) is 0 Å². The third-order valence-electron chi connectivity index (χ3n) is 5.35. The molecule has 1 aromatic carbocycles. The summed E-state index contributed by atoms with van der Waals surface area (Å²) in [7, 11) is 1.30. The Balaban J connectivity index is 2.16. The molecule has 0 saturated carbocycles. The van der Waals surface area contributed by atoms with Crippen LogP contribution in [-0.4, -0.2) is 66.3 Å². The molecule has 1 heterocycles. The number of benzene rings is 1. The third-order valence-corrected chi connectivity index (χ3v) is 5.35. The van der Waals surface area contributed by atoms with E-state index in [2.05, 4.69) is 16.7 Å². The molecule has 0 radical (unpaired) electrons. The van der Waals surface area contributed by atoms with Gasteiger partial charge in [-0.05, 0) is 52.5 Å². The van der Waals surface area contributed by atoms with E-state index in [1.165, 1.54) is 12.0 Å². The minimum atomic E-state index is -0.879. The van der Waals surface area contributed by atoms with Gasteiger partial charge in [-0.25, -0.2) is 9.59 Å². The van der Waals surface area contributed by atoms with Crippen LogP contribution in [0.15, 0.2) is 30.3 Å². The van der Waals surface area contributed by atoms with Crippen molar-refractivity contribution in [3.05, 3.63) is 35.9 Å². The fourth-order valence-corrected chi connectivity index (χ4v) is 3.82. The van der Waals surface area contributed by atoms with Gasteiger partial charge in [-0.1, -0.05) is 30.3 Å². The van der Waals surface area contributed by atoms with Crippen molar-refractivity contribution < 1.29 is 23.9 Å². The topological polar surface area (TPSA) is 121 Å². The van der Waals surface area contributed by atoms with Crippen molar-refractivity contribution in [2.75, 3.05) is 13.7 Å². The Bertz CT molecular complexity index is 862. The van der Waals surface area contributed by atoms with Gasteiger partial charge >= 0.3 is 12.1 Å². The molecular formula is C24H34N4O5. The lowest BCUT2D eigenvalue weighted by molar-refractivity contribution is -0.151. The Hall–Kier alpha value is -3.12. The molecule has 1 aromatic rings. The van der Waals surface area contributed by atoms with E-state index in [-0.39, 0.29) is 5.91 Å². The fourth-order valence-electron chi connectivity index (χ4n) is 3.82. The highest BCUT2D eigenvalue weighted by atomic mass is 16.6. The predicted octanol–water partition coefficient (Wildman–Crippen LogP) is 2.16. The Labute approximate surface area is 195 Å². The maximum absolute atomic E-state index is 13.1. The lowest BCUT2D eigenvalue weighted by atomic mass is 9.99. The van der Waals surface area contributed by atoms with E-state index in [9.17, 15) is 19.6 Å². The Morgan fingerprint density at radius 1 is 1.24 bits per heavy atom. The first-order valence-corrected chi connectivity index (χ1v) is 11.1. The zero-order chi connectivity index (χ0) is 24.6. The average Bonchev–Trinajstić information content (AvgIpc) is 3.25. The number of carbonyl (C=O) groups excluding carboxylic acids is 3. The van der Waals surface area contributed by atoms with Crippen molar-refractivity contribution in [1.29, 1.82) is 5.26 Å². The van der Waals surface area contributed by atoms with Crippen molar-refractivity contribution in [3.63, 3.8) is 0 Å². The fraction of sp³-hybridized carbons (Fsp3) is 0.583. The minimum Gasteiger partial charge on any atom is -0.467 e. The van der Waals surface area contributed by atoms with Crippen molar-refractivity contribution >= 4 is 18.0 Å². The number of amides is 2. The molecule has 1 aliphatic heterocycles. The van der Waals surface area contributed by atoms with Crippen LogP contribution in [0.25, 0.3) is 0 Å². The molecule has 180 valence electrons. The first kappa shape index (κ1) is 26.1. The van der Waals surface area contributed by atoms with Crippen LogP contribution < -0.4 is 10.6 Å². The number of ether oxygens (including phenoxy) is 2. The summed E-state index contributed by atoms with van der Waals surface area (Å²) in [6, 6.07) is 8.70. The molecule has 0 aliphatic carbocycles. The van der Waals surface area contributed by atoms with Crippen LogP contribution >= 0.6 is 0 Å². The highest BCUT2D eigenvalue weighted by molar-refractivity contribution is 5.88. The zero-order valence-electron chi connectivity index (χ0n) is 20.0. The smallest absolute Gasteiger partial charge is 0.407 e. The normalized spacial score (nSPS) is 18.5. The number of hydrogen-bond donors (Lipinski definition) is 2. The molecule has 0 aromatic heterocycles. The molecular weight excluding hydrogens is 424 g/mol. The zero-order valence-corrected chi connectivity index (χ0v) is 20.0. The van der Waals surface area contributed by atoms with E-state index < -0.39 is 41.8 Å². The van der Waals surface area contributed by atoms with Crippen LogP contribution in [-0.2, 0) is 25.5 Å². The minimum absolute atomic E-state index is 0.293. The molecule has 9 nitrogen and oxygen atoms in total. The quantitative estimate of drug-likeness (QED) is 0.573. The second-order valence-corrected chi connectivity index (χ2v) is 9.15. The van der Waals surface area contributed by atoms with Crippen LogP contribution in [0.3, 0.4) is 0 Å². The molecule has 1 fully saturated rings. The van der Waals surface area contributed by atoms with E-state index in [1.807, 2.05) is 30.3 Å². The number of esters is 1. The number of nitriles is 1. The first-order valence-electron chi connectivity index (χ1n) is 11.1. The van der Waals surface area contributed by atoms with Gasteiger partial charge < -0.3 is 19.7 Å². The lowest BCUT2D eigenvalue weighted by Crippen LogP contribution is -2.57. The summed E-state index contributed by atoms with van der Waals surface area (Å²) >= 11 is 0. The second-order valence-electron chi connectivity index (χ2n) is 9.15. The van der Waals surface area contributed by atoms with Crippen LogP contribution in [0.4, 0.5) is 4.79 Å². The number of alkyl carbamates (subject to hydrolysis) is 1. The van der Waals surface area contributed by atoms with E-state index in [0.717, 1.165) is 5.56 Å². The largest absolute Gasteiger partial charge is 0.467 e. The predicted molar refractivity (Wildman–Crippen MR) is 122 cm³/mol. The number of nitrogens with one attached hydrogen (secondary N) is 2. The molecule has 1 saturated heterocycles. The van der Waals surface area contributed by atoms with Crippen molar-refractivity contribution in [3.8, 4) is 6.07 Å². The molecule has 4 atom stereocenters.